The Morgan fingerprint density at radius 2 is 2.47 bits per heavy atom. The molecule has 15 heavy (non-hydrogen) atoms. The lowest BCUT2D eigenvalue weighted by atomic mass is 9.96. The van der Waals surface area contributed by atoms with Crippen LogP contribution in [0.4, 0.5) is 0 Å². The Labute approximate surface area is 88.8 Å². The first-order chi connectivity index (χ1) is 7.19. The van der Waals surface area contributed by atoms with Crippen molar-refractivity contribution in [3.8, 4) is 12.3 Å². The lowest BCUT2D eigenvalue weighted by Gasteiger charge is -2.12. The standard InChI is InChI=1S/C11H14N2O2/c1-2-9(12-7-14)5-8-6-11(3-4-11)13-10(8)15/h1,7-9H,3-6H2,(H,12,14)(H,13,15). The lowest BCUT2D eigenvalue weighted by Crippen LogP contribution is -2.31. The van der Waals surface area contributed by atoms with E-state index in [0.29, 0.717) is 12.8 Å². The first kappa shape index (κ1) is 10.0. The van der Waals surface area contributed by atoms with E-state index in [1.165, 1.54) is 0 Å². The first-order valence-electron chi connectivity index (χ1n) is 5.17. The molecule has 0 bridgehead atoms. The molecule has 80 valence electrons. The molecule has 1 spiro atoms. The first-order valence-corrected chi connectivity index (χ1v) is 5.17. The second-order valence-corrected chi connectivity index (χ2v) is 4.41. The zero-order chi connectivity index (χ0) is 10.9. The highest BCUT2D eigenvalue weighted by Crippen LogP contribution is 2.46. The van der Waals surface area contributed by atoms with E-state index in [4.69, 9.17) is 6.42 Å². The van der Waals surface area contributed by atoms with Crippen LogP contribution in [0.25, 0.3) is 0 Å². The number of hydrogen-bond donors (Lipinski definition) is 2. The van der Waals surface area contributed by atoms with Crippen LogP contribution in [0.3, 0.4) is 0 Å². The van der Waals surface area contributed by atoms with Crippen molar-refractivity contribution in [2.24, 2.45) is 5.92 Å². The summed E-state index contributed by atoms with van der Waals surface area (Å²) in [7, 11) is 0. The van der Waals surface area contributed by atoms with Gasteiger partial charge in [0, 0.05) is 11.5 Å². The fourth-order valence-electron chi connectivity index (χ4n) is 2.20. The van der Waals surface area contributed by atoms with Crippen molar-refractivity contribution in [1.82, 2.24) is 10.6 Å². The predicted octanol–water partition coefficient (Wildman–Crippen LogP) is -0.207. The minimum atomic E-state index is -0.327. The Kier molecular flexibility index (Phi) is 2.39. The molecule has 1 aliphatic carbocycles. The molecule has 0 aromatic heterocycles. The van der Waals surface area contributed by atoms with Gasteiger partial charge in [-0.1, -0.05) is 5.92 Å². The minimum absolute atomic E-state index is 0.0407. The van der Waals surface area contributed by atoms with Crippen LogP contribution in [0.2, 0.25) is 0 Å². The highest BCUT2D eigenvalue weighted by Gasteiger charge is 2.52. The van der Waals surface area contributed by atoms with E-state index in [-0.39, 0.29) is 23.4 Å². The molecule has 2 aliphatic rings. The molecule has 1 aliphatic heterocycles. The minimum Gasteiger partial charge on any atom is -0.350 e. The van der Waals surface area contributed by atoms with Gasteiger partial charge in [0.25, 0.3) is 0 Å². The Morgan fingerprint density at radius 3 is 2.93 bits per heavy atom. The Bertz CT molecular complexity index is 328. The number of nitrogens with one attached hydrogen (secondary N) is 2. The van der Waals surface area contributed by atoms with Gasteiger partial charge in [-0.15, -0.1) is 6.42 Å². The topological polar surface area (TPSA) is 58.2 Å². The molecular weight excluding hydrogens is 192 g/mol. The van der Waals surface area contributed by atoms with Crippen LogP contribution in [-0.4, -0.2) is 23.9 Å². The second kappa shape index (κ2) is 3.58. The van der Waals surface area contributed by atoms with Crippen LogP contribution in [0, 0.1) is 18.3 Å². The summed E-state index contributed by atoms with van der Waals surface area (Å²) in [6, 6.07) is -0.327. The van der Waals surface area contributed by atoms with Crippen LogP contribution < -0.4 is 10.6 Å². The molecular formula is C11H14N2O2. The SMILES string of the molecule is C#CC(CC1CC2(CC2)NC1=O)NC=O. The molecule has 4 heteroatoms. The monoisotopic (exact) mass is 206 g/mol. The number of carbonyl (C=O) groups is 2. The molecule has 1 saturated carbocycles. The summed E-state index contributed by atoms with van der Waals surface area (Å²) in [5.41, 5.74) is 0.0854. The highest BCUT2D eigenvalue weighted by molar-refractivity contribution is 5.83. The van der Waals surface area contributed by atoms with Crippen LogP contribution in [0.15, 0.2) is 0 Å². The molecule has 2 amide bonds. The summed E-state index contributed by atoms with van der Waals surface area (Å²) < 4.78 is 0. The van der Waals surface area contributed by atoms with Gasteiger partial charge in [0.2, 0.25) is 12.3 Å². The number of hydrogen-bond acceptors (Lipinski definition) is 2. The second-order valence-electron chi connectivity index (χ2n) is 4.41. The summed E-state index contributed by atoms with van der Waals surface area (Å²) in [5, 5.41) is 5.53. The van der Waals surface area contributed by atoms with Gasteiger partial charge in [0.1, 0.15) is 0 Å². The third kappa shape index (κ3) is 1.96. The molecule has 0 radical (unpaired) electrons. The average molecular weight is 206 g/mol. The van der Waals surface area contributed by atoms with Gasteiger partial charge in [0.15, 0.2) is 0 Å². The average Bonchev–Trinajstić information content (AvgIpc) is 2.87. The smallest absolute Gasteiger partial charge is 0.223 e. The summed E-state index contributed by atoms with van der Waals surface area (Å²) in [6.07, 6.45) is 9.42. The van der Waals surface area contributed by atoms with E-state index in [0.717, 1.165) is 19.3 Å². The van der Waals surface area contributed by atoms with Crippen LogP contribution >= 0.6 is 0 Å². The zero-order valence-corrected chi connectivity index (χ0v) is 8.45. The molecule has 2 unspecified atom stereocenters. The van der Waals surface area contributed by atoms with Gasteiger partial charge in [-0.2, -0.15) is 0 Å². The summed E-state index contributed by atoms with van der Waals surface area (Å²) >= 11 is 0. The van der Waals surface area contributed by atoms with Crippen molar-refractivity contribution in [2.75, 3.05) is 0 Å². The van der Waals surface area contributed by atoms with E-state index in [1.807, 2.05) is 0 Å². The van der Waals surface area contributed by atoms with Gasteiger partial charge in [0.05, 0.1) is 6.04 Å². The van der Waals surface area contributed by atoms with Gasteiger partial charge < -0.3 is 10.6 Å². The lowest BCUT2D eigenvalue weighted by molar-refractivity contribution is -0.123. The number of amides is 2. The van der Waals surface area contributed by atoms with Gasteiger partial charge in [-0.3, -0.25) is 9.59 Å². The van der Waals surface area contributed by atoms with Gasteiger partial charge in [-0.05, 0) is 25.7 Å². The van der Waals surface area contributed by atoms with Gasteiger partial charge in [-0.25, -0.2) is 0 Å². The van der Waals surface area contributed by atoms with E-state index in [1.54, 1.807) is 0 Å². The molecule has 2 rings (SSSR count). The number of terminal acetylenes is 1. The van der Waals surface area contributed by atoms with Crippen LogP contribution in [0.1, 0.15) is 25.7 Å². The molecule has 2 atom stereocenters. The number of carbonyl (C=O) groups excluding carboxylic acids is 2. The number of rotatable bonds is 4. The molecule has 2 fully saturated rings. The highest BCUT2D eigenvalue weighted by atomic mass is 16.2. The van der Waals surface area contributed by atoms with Crippen LogP contribution in [-0.2, 0) is 9.59 Å². The molecule has 1 saturated heterocycles. The summed E-state index contributed by atoms with van der Waals surface area (Å²) in [4.78, 5) is 21.9. The third-order valence-corrected chi connectivity index (χ3v) is 3.24. The fraction of sp³-hybridized carbons (Fsp3) is 0.636. The maximum absolute atomic E-state index is 11.6. The van der Waals surface area contributed by atoms with E-state index >= 15 is 0 Å². The molecule has 1 heterocycles. The van der Waals surface area contributed by atoms with Crippen molar-refractivity contribution in [3.05, 3.63) is 0 Å². The molecule has 0 aromatic carbocycles. The Hall–Kier alpha value is -1.50. The van der Waals surface area contributed by atoms with E-state index in [2.05, 4.69) is 16.6 Å². The molecule has 2 N–H and O–H groups in total. The van der Waals surface area contributed by atoms with Crippen molar-refractivity contribution in [2.45, 2.75) is 37.3 Å². The Balaban J connectivity index is 1.91. The fourth-order valence-corrected chi connectivity index (χ4v) is 2.20. The normalized spacial score (nSPS) is 27.9. The predicted molar refractivity (Wildman–Crippen MR) is 54.7 cm³/mol. The quantitative estimate of drug-likeness (QED) is 0.494. The van der Waals surface area contributed by atoms with Crippen molar-refractivity contribution >= 4 is 12.3 Å². The van der Waals surface area contributed by atoms with Gasteiger partial charge >= 0.3 is 0 Å². The van der Waals surface area contributed by atoms with E-state index < -0.39 is 0 Å². The maximum Gasteiger partial charge on any atom is 0.223 e. The largest absolute Gasteiger partial charge is 0.350 e. The summed E-state index contributed by atoms with van der Waals surface area (Å²) in [5.74, 6) is 2.52. The Morgan fingerprint density at radius 1 is 1.73 bits per heavy atom. The molecule has 4 nitrogen and oxygen atoms in total. The maximum atomic E-state index is 11.6. The van der Waals surface area contributed by atoms with Crippen molar-refractivity contribution in [3.63, 3.8) is 0 Å². The van der Waals surface area contributed by atoms with E-state index in [9.17, 15) is 9.59 Å². The van der Waals surface area contributed by atoms with Crippen molar-refractivity contribution < 1.29 is 9.59 Å². The molecule has 0 aromatic rings. The third-order valence-electron chi connectivity index (χ3n) is 3.24. The zero-order valence-electron chi connectivity index (χ0n) is 8.45. The van der Waals surface area contributed by atoms with Crippen LogP contribution in [0.5, 0.6) is 0 Å². The summed E-state index contributed by atoms with van der Waals surface area (Å²) in [6.45, 7) is 0. The van der Waals surface area contributed by atoms with Crippen molar-refractivity contribution in [1.29, 1.82) is 0 Å².